The fraction of sp³-hybridized carbons (Fsp3) is 0.310. The summed E-state index contributed by atoms with van der Waals surface area (Å²) in [5.41, 5.74) is 12.4. The zero-order valence-corrected chi connectivity index (χ0v) is 21.2. The van der Waals surface area contributed by atoms with Gasteiger partial charge >= 0.3 is 0 Å². The van der Waals surface area contributed by atoms with Crippen molar-refractivity contribution in [3.63, 3.8) is 0 Å². The highest BCUT2D eigenvalue weighted by Gasteiger charge is 2.30. The maximum Gasteiger partial charge on any atom is 0.271 e. The molecule has 176 valence electrons. The van der Waals surface area contributed by atoms with E-state index in [1.807, 2.05) is 24.3 Å². The van der Waals surface area contributed by atoms with E-state index in [0.717, 1.165) is 34.7 Å². The summed E-state index contributed by atoms with van der Waals surface area (Å²) in [6.45, 7) is 16.0. The number of hydrogen-bond acceptors (Lipinski definition) is 3. The number of benzene rings is 2. The second-order valence-corrected chi connectivity index (χ2v) is 9.65. The normalized spacial score (nSPS) is 14.8. The molecule has 1 aliphatic rings. The van der Waals surface area contributed by atoms with Crippen LogP contribution < -0.4 is 10.3 Å². The largest absolute Gasteiger partial charge is 0.363 e. The standard InChI is InChI=1S/C29H34N4O/c1-8-32-27-15-19(2)24(16-26(27)20(3)17-29(32,6)7)18-30-31-28(34)23-11-13-25(14-12-23)33-21(4)9-10-22(33)5/h9-18H,8H2,1-7H3,(H,31,34)/b30-18-. The molecule has 0 atom stereocenters. The minimum atomic E-state index is -0.227. The van der Waals surface area contributed by atoms with Crippen molar-refractivity contribution in [3.8, 4) is 5.69 Å². The average Bonchev–Trinajstić information content (AvgIpc) is 3.12. The van der Waals surface area contributed by atoms with Crippen LogP contribution in [-0.4, -0.2) is 28.8 Å². The number of hydrogen-bond donors (Lipinski definition) is 1. The van der Waals surface area contributed by atoms with Crippen LogP contribution in [0.2, 0.25) is 0 Å². The molecule has 1 aromatic heterocycles. The number of fused-ring (bicyclic) bond motifs is 1. The molecular formula is C29H34N4O. The number of anilines is 1. The summed E-state index contributed by atoms with van der Waals surface area (Å²) in [7, 11) is 0. The van der Waals surface area contributed by atoms with Crippen molar-refractivity contribution in [1.29, 1.82) is 0 Å². The van der Waals surface area contributed by atoms with Crippen LogP contribution >= 0.6 is 0 Å². The topological polar surface area (TPSA) is 49.6 Å². The van der Waals surface area contributed by atoms with E-state index in [1.165, 1.54) is 16.8 Å². The molecule has 2 aromatic carbocycles. The third kappa shape index (κ3) is 4.30. The van der Waals surface area contributed by atoms with Gasteiger partial charge in [-0.25, -0.2) is 5.43 Å². The Labute approximate surface area is 202 Å². The molecule has 1 amide bonds. The molecule has 0 unspecified atom stereocenters. The summed E-state index contributed by atoms with van der Waals surface area (Å²) in [5, 5.41) is 4.26. The zero-order chi connectivity index (χ0) is 24.6. The van der Waals surface area contributed by atoms with Gasteiger partial charge in [-0.1, -0.05) is 6.08 Å². The minimum absolute atomic E-state index is 0.0177. The quantitative estimate of drug-likeness (QED) is 0.369. The number of nitrogens with zero attached hydrogens (tertiary/aromatic N) is 3. The Bertz CT molecular complexity index is 1270. The Morgan fingerprint density at radius 2 is 1.65 bits per heavy atom. The molecule has 0 saturated carbocycles. The van der Waals surface area contributed by atoms with E-state index in [4.69, 9.17) is 0 Å². The van der Waals surface area contributed by atoms with Gasteiger partial charge in [-0.2, -0.15) is 5.10 Å². The number of hydrazone groups is 1. The lowest BCUT2D eigenvalue weighted by molar-refractivity contribution is 0.0955. The van der Waals surface area contributed by atoms with Crippen LogP contribution in [0.15, 0.2) is 59.7 Å². The van der Waals surface area contributed by atoms with Crippen LogP contribution in [-0.2, 0) is 0 Å². The first-order valence-electron chi connectivity index (χ1n) is 11.8. The van der Waals surface area contributed by atoms with Gasteiger partial charge in [-0.3, -0.25) is 4.79 Å². The molecule has 5 nitrogen and oxygen atoms in total. The molecule has 0 aliphatic carbocycles. The second kappa shape index (κ2) is 8.98. The molecule has 2 heterocycles. The Kier molecular flexibility index (Phi) is 6.22. The highest BCUT2D eigenvalue weighted by Crippen LogP contribution is 2.39. The van der Waals surface area contributed by atoms with Crippen LogP contribution in [0, 0.1) is 20.8 Å². The minimum Gasteiger partial charge on any atom is -0.363 e. The van der Waals surface area contributed by atoms with Crippen molar-refractivity contribution >= 4 is 23.4 Å². The van der Waals surface area contributed by atoms with Gasteiger partial charge in [0, 0.05) is 40.4 Å². The van der Waals surface area contributed by atoms with Crippen LogP contribution in [0.5, 0.6) is 0 Å². The molecule has 4 rings (SSSR count). The Balaban J connectivity index is 1.51. The number of amides is 1. The Morgan fingerprint density at radius 3 is 2.26 bits per heavy atom. The number of nitrogens with one attached hydrogen (secondary N) is 1. The van der Waals surface area contributed by atoms with Crippen LogP contribution in [0.1, 0.15) is 66.1 Å². The van der Waals surface area contributed by atoms with E-state index in [2.05, 4.69) is 98.8 Å². The molecular weight excluding hydrogens is 420 g/mol. The monoisotopic (exact) mass is 454 g/mol. The first kappa shape index (κ1) is 23.6. The molecule has 0 saturated heterocycles. The fourth-order valence-electron chi connectivity index (χ4n) is 5.02. The molecule has 1 N–H and O–H groups in total. The number of likely N-dealkylation sites (N-methyl/N-ethyl adjacent to an activating group) is 1. The van der Waals surface area contributed by atoms with Crippen molar-refractivity contribution in [2.24, 2.45) is 5.10 Å². The summed E-state index contributed by atoms with van der Waals surface area (Å²) < 4.78 is 2.16. The Hall–Kier alpha value is -3.60. The number of carbonyl (C=O) groups excluding carboxylic acids is 1. The smallest absolute Gasteiger partial charge is 0.271 e. The highest BCUT2D eigenvalue weighted by atomic mass is 16.2. The number of carbonyl (C=O) groups is 1. The first-order valence-corrected chi connectivity index (χ1v) is 11.8. The van der Waals surface area contributed by atoms with Gasteiger partial charge in [0.25, 0.3) is 5.91 Å². The van der Waals surface area contributed by atoms with Gasteiger partial charge in [0.1, 0.15) is 0 Å². The van der Waals surface area contributed by atoms with Gasteiger partial charge in [0.2, 0.25) is 0 Å². The van der Waals surface area contributed by atoms with Crippen LogP contribution in [0.25, 0.3) is 11.3 Å². The van der Waals surface area contributed by atoms with Gasteiger partial charge in [0.05, 0.1) is 11.8 Å². The fourth-order valence-corrected chi connectivity index (χ4v) is 5.02. The van der Waals surface area contributed by atoms with E-state index < -0.39 is 0 Å². The van der Waals surface area contributed by atoms with E-state index in [0.29, 0.717) is 5.56 Å². The average molecular weight is 455 g/mol. The van der Waals surface area contributed by atoms with Crippen molar-refractivity contribution in [2.75, 3.05) is 11.4 Å². The number of aromatic nitrogens is 1. The lowest BCUT2D eigenvalue weighted by atomic mass is 9.87. The number of allylic oxidation sites excluding steroid dienone is 1. The van der Waals surface area contributed by atoms with E-state index >= 15 is 0 Å². The van der Waals surface area contributed by atoms with Crippen molar-refractivity contribution < 1.29 is 4.79 Å². The molecule has 0 bridgehead atoms. The number of aryl methyl sites for hydroxylation is 3. The van der Waals surface area contributed by atoms with Crippen molar-refractivity contribution in [2.45, 2.75) is 54.0 Å². The van der Waals surface area contributed by atoms with Gasteiger partial charge < -0.3 is 9.47 Å². The predicted octanol–water partition coefficient (Wildman–Crippen LogP) is 6.19. The van der Waals surface area contributed by atoms with Crippen molar-refractivity contribution in [3.05, 3.63) is 88.2 Å². The first-order chi connectivity index (χ1) is 16.1. The molecule has 0 radical (unpaired) electrons. The second-order valence-electron chi connectivity index (χ2n) is 9.65. The molecule has 0 spiro atoms. The summed E-state index contributed by atoms with van der Waals surface area (Å²) in [5.74, 6) is -0.227. The highest BCUT2D eigenvalue weighted by molar-refractivity contribution is 5.95. The summed E-state index contributed by atoms with van der Waals surface area (Å²) in [6, 6.07) is 16.2. The summed E-state index contributed by atoms with van der Waals surface area (Å²) in [4.78, 5) is 15.1. The summed E-state index contributed by atoms with van der Waals surface area (Å²) >= 11 is 0. The predicted molar refractivity (Wildman–Crippen MR) is 142 cm³/mol. The van der Waals surface area contributed by atoms with E-state index in [9.17, 15) is 4.79 Å². The maximum atomic E-state index is 12.6. The van der Waals surface area contributed by atoms with Crippen LogP contribution in [0.4, 0.5) is 5.69 Å². The third-order valence-electron chi connectivity index (χ3n) is 6.71. The van der Waals surface area contributed by atoms with Gasteiger partial charge in [-0.15, -0.1) is 0 Å². The number of rotatable bonds is 5. The third-order valence-corrected chi connectivity index (χ3v) is 6.71. The van der Waals surface area contributed by atoms with Crippen LogP contribution in [0.3, 0.4) is 0 Å². The molecule has 3 aromatic rings. The Morgan fingerprint density at radius 1 is 1.00 bits per heavy atom. The molecule has 5 heteroatoms. The molecule has 34 heavy (non-hydrogen) atoms. The SMILES string of the molecule is CCN1c2cc(C)c(/C=N\NC(=O)c3ccc(-n4c(C)ccc4C)cc3)cc2C(C)=CC1(C)C. The van der Waals surface area contributed by atoms with Gasteiger partial charge in [-0.05, 0) is 114 Å². The van der Waals surface area contributed by atoms with Crippen molar-refractivity contribution in [1.82, 2.24) is 9.99 Å². The van der Waals surface area contributed by atoms with E-state index in [-0.39, 0.29) is 11.4 Å². The van der Waals surface area contributed by atoms with Gasteiger partial charge in [0.15, 0.2) is 0 Å². The molecule has 1 aliphatic heterocycles. The maximum absolute atomic E-state index is 12.6. The molecule has 0 fully saturated rings. The van der Waals surface area contributed by atoms with E-state index in [1.54, 1.807) is 6.21 Å². The lowest BCUT2D eigenvalue weighted by Crippen LogP contribution is -2.45. The zero-order valence-electron chi connectivity index (χ0n) is 21.2. The lowest BCUT2D eigenvalue weighted by Gasteiger charge is -2.43. The summed E-state index contributed by atoms with van der Waals surface area (Å²) in [6.07, 6.45) is 4.05.